The number of carbonyl (C=O) groups excluding carboxylic acids is 1. The van der Waals surface area contributed by atoms with E-state index in [1.807, 2.05) is 25.7 Å². The van der Waals surface area contributed by atoms with Gasteiger partial charge in [0, 0.05) is 23.6 Å². The van der Waals surface area contributed by atoms with E-state index in [2.05, 4.69) is 39.4 Å². The number of benzene rings is 1. The molecule has 3 nitrogen and oxygen atoms in total. The highest BCUT2D eigenvalue weighted by Gasteiger charge is 2.27. The largest absolute Gasteiger partial charge is 0.342 e. The lowest BCUT2D eigenvalue weighted by Crippen LogP contribution is -2.45. The highest BCUT2D eigenvalue weighted by molar-refractivity contribution is 9.10. The van der Waals surface area contributed by atoms with Gasteiger partial charge in [-0.1, -0.05) is 22.0 Å². The second-order valence-electron chi connectivity index (χ2n) is 5.33. The van der Waals surface area contributed by atoms with E-state index in [0.717, 1.165) is 30.4 Å². The van der Waals surface area contributed by atoms with Crippen molar-refractivity contribution in [3.8, 4) is 0 Å². The molecule has 0 fully saturated rings. The molecule has 2 unspecified atom stereocenters. The van der Waals surface area contributed by atoms with Crippen molar-refractivity contribution in [3.05, 3.63) is 33.8 Å². The zero-order chi connectivity index (χ0) is 14.7. The van der Waals surface area contributed by atoms with Crippen LogP contribution in [0.2, 0.25) is 0 Å². The fourth-order valence-corrected chi connectivity index (χ4v) is 3.35. The van der Waals surface area contributed by atoms with E-state index < -0.39 is 0 Å². The van der Waals surface area contributed by atoms with Crippen molar-refractivity contribution in [3.63, 3.8) is 0 Å². The van der Waals surface area contributed by atoms with Crippen molar-refractivity contribution in [2.75, 3.05) is 13.1 Å². The summed E-state index contributed by atoms with van der Waals surface area (Å²) in [5, 5.41) is 3.50. The number of aryl methyl sites for hydroxylation is 1. The Bertz CT molecular complexity index is 485. The molecule has 0 aromatic heterocycles. The summed E-state index contributed by atoms with van der Waals surface area (Å²) < 4.78 is 1.13. The predicted octanol–water partition coefficient (Wildman–Crippen LogP) is 3.28. The van der Waals surface area contributed by atoms with Crippen LogP contribution in [-0.2, 0) is 11.2 Å². The third-order valence-corrected chi connectivity index (χ3v) is 4.57. The van der Waals surface area contributed by atoms with Crippen LogP contribution in [-0.4, -0.2) is 29.9 Å². The Morgan fingerprint density at radius 3 is 2.80 bits per heavy atom. The summed E-state index contributed by atoms with van der Waals surface area (Å²) >= 11 is 3.52. The molecular formula is C16H23BrN2O. The molecule has 0 heterocycles. The van der Waals surface area contributed by atoms with E-state index in [4.69, 9.17) is 0 Å². The Labute approximate surface area is 129 Å². The first-order valence-corrected chi connectivity index (χ1v) is 8.19. The molecule has 4 heteroatoms. The van der Waals surface area contributed by atoms with Crippen molar-refractivity contribution in [2.24, 2.45) is 0 Å². The first-order chi connectivity index (χ1) is 9.56. The molecule has 0 radical (unpaired) electrons. The van der Waals surface area contributed by atoms with E-state index in [-0.39, 0.29) is 11.9 Å². The van der Waals surface area contributed by atoms with Crippen LogP contribution in [0, 0.1) is 0 Å². The maximum Gasteiger partial charge on any atom is 0.239 e. The van der Waals surface area contributed by atoms with Crippen molar-refractivity contribution < 1.29 is 4.79 Å². The first-order valence-electron chi connectivity index (χ1n) is 7.40. The van der Waals surface area contributed by atoms with Crippen molar-refractivity contribution in [1.29, 1.82) is 0 Å². The summed E-state index contributed by atoms with van der Waals surface area (Å²) in [4.78, 5) is 14.2. The molecule has 1 amide bonds. The van der Waals surface area contributed by atoms with Crippen LogP contribution in [0.5, 0.6) is 0 Å². The van der Waals surface area contributed by atoms with Crippen LogP contribution >= 0.6 is 15.9 Å². The molecule has 20 heavy (non-hydrogen) atoms. The summed E-state index contributed by atoms with van der Waals surface area (Å²) in [6.07, 6.45) is 2.15. The molecule has 1 aromatic carbocycles. The van der Waals surface area contributed by atoms with Crippen molar-refractivity contribution in [2.45, 2.75) is 45.7 Å². The Morgan fingerprint density at radius 2 is 2.15 bits per heavy atom. The third kappa shape index (κ3) is 3.23. The summed E-state index contributed by atoms with van der Waals surface area (Å²) in [6.45, 7) is 7.57. The molecule has 1 aromatic rings. The van der Waals surface area contributed by atoms with Crippen LogP contribution < -0.4 is 5.32 Å². The zero-order valence-electron chi connectivity index (χ0n) is 12.4. The van der Waals surface area contributed by atoms with Gasteiger partial charge in [-0.05, 0) is 56.9 Å². The summed E-state index contributed by atoms with van der Waals surface area (Å²) in [7, 11) is 0. The zero-order valence-corrected chi connectivity index (χ0v) is 14.0. The van der Waals surface area contributed by atoms with Gasteiger partial charge >= 0.3 is 0 Å². The number of likely N-dealkylation sites (N-methyl/N-ethyl adjacent to an activating group) is 1. The summed E-state index contributed by atoms with van der Waals surface area (Å²) in [5.41, 5.74) is 2.73. The quantitative estimate of drug-likeness (QED) is 0.893. The van der Waals surface area contributed by atoms with Crippen LogP contribution in [0.4, 0.5) is 0 Å². The number of amides is 1. The first kappa shape index (κ1) is 15.5. The minimum atomic E-state index is -0.130. The van der Waals surface area contributed by atoms with E-state index in [1.54, 1.807) is 0 Å². The Kier molecular flexibility index (Phi) is 5.22. The topological polar surface area (TPSA) is 32.3 Å². The summed E-state index contributed by atoms with van der Waals surface area (Å²) in [6, 6.07) is 6.60. The number of fused-ring (bicyclic) bond motifs is 1. The van der Waals surface area contributed by atoms with E-state index in [0.29, 0.717) is 6.04 Å². The molecule has 1 aliphatic rings. The molecule has 2 rings (SSSR count). The van der Waals surface area contributed by atoms with Gasteiger partial charge in [-0.3, -0.25) is 10.1 Å². The molecule has 0 bridgehead atoms. The molecule has 0 saturated carbocycles. The van der Waals surface area contributed by atoms with Crippen LogP contribution in [0.1, 0.15) is 44.4 Å². The lowest BCUT2D eigenvalue weighted by atomic mass is 10.1. The van der Waals surface area contributed by atoms with Crippen LogP contribution in [0.3, 0.4) is 0 Å². The summed E-state index contributed by atoms with van der Waals surface area (Å²) in [5.74, 6) is 0.195. The van der Waals surface area contributed by atoms with E-state index >= 15 is 0 Å². The average Bonchev–Trinajstić information content (AvgIpc) is 2.82. The monoisotopic (exact) mass is 338 g/mol. The van der Waals surface area contributed by atoms with Gasteiger partial charge in [-0.2, -0.15) is 0 Å². The van der Waals surface area contributed by atoms with Crippen LogP contribution in [0.15, 0.2) is 22.7 Å². The number of carbonyl (C=O) groups is 1. The number of nitrogens with zero attached hydrogens (tertiary/aromatic N) is 1. The highest BCUT2D eigenvalue weighted by Crippen LogP contribution is 2.33. The highest BCUT2D eigenvalue weighted by atomic mass is 79.9. The van der Waals surface area contributed by atoms with Gasteiger partial charge in [0.05, 0.1) is 6.04 Å². The van der Waals surface area contributed by atoms with E-state index in [9.17, 15) is 4.79 Å². The fourth-order valence-electron chi connectivity index (χ4n) is 2.94. The fraction of sp³-hybridized carbons (Fsp3) is 0.562. The van der Waals surface area contributed by atoms with Gasteiger partial charge in [-0.25, -0.2) is 0 Å². The maximum absolute atomic E-state index is 12.3. The Morgan fingerprint density at radius 1 is 1.45 bits per heavy atom. The minimum absolute atomic E-state index is 0.130. The number of hydrogen-bond donors (Lipinski definition) is 1. The second kappa shape index (κ2) is 6.72. The van der Waals surface area contributed by atoms with Gasteiger partial charge in [0.2, 0.25) is 5.91 Å². The van der Waals surface area contributed by atoms with Crippen molar-refractivity contribution in [1.82, 2.24) is 10.2 Å². The molecule has 0 spiro atoms. The molecule has 110 valence electrons. The molecule has 2 atom stereocenters. The molecule has 0 saturated heterocycles. The van der Waals surface area contributed by atoms with E-state index in [1.165, 1.54) is 11.1 Å². The molecule has 1 N–H and O–H groups in total. The number of nitrogens with one attached hydrogen (secondary N) is 1. The molecule has 0 aliphatic heterocycles. The smallest absolute Gasteiger partial charge is 0.239 e. The van der Waals surface area contributed by atoms with Gasteiger partial charge in [0.25, 0.3) is 0 Å². The predicted molar refractivity (Wildman–Crippen MR) is 85.7 cm³/mol. The van der Waals surface area contributed by atoms with Crippen LogP contribution in [0.25, 0.3) is 0 Å². The standard InChI is InChI=1S/C16H23BrN2O/c1-4-19(5-2)16(20)11(3)18-15-9-6-12-10-13(17)7-8-14(12)15/h7-8,10-11,15,18H,4-6,9H2,1-3H3. The Balaban J connectivity index is 2.04. The minimum Gasteiger partial charge on any atom is -0.342 e. The third-order valence-electron chi connectivity index (χ3n) is 4.08. The Hall–Kier alpha value is -0.870. The molecular weight excluding hydrogens is 316 g/mol. The number of hydrogen-bond acceptors (Lipinski definition) is 2. The van der Waals surface area contributed by atoms with Gasteiger partial charge in [0.15, 0.2) is 0 Å². The van der Waals surface area contributed by atoms with Gasteiger partial charge < -0.3 is 4.90 Å². The molecule has 1 aliphatic carbocycles. The number of halogens is 1. The maximum atomic E-state index is 12.3. The van der Waals surface area contributed by atoms with Crippen molar-refractivity contribution >= 4 is 21.8 Å². The SMILES string of the molecule is CCN(CC)C(=O)C(C)NC1CCc2cc(Br)ccc21. The lowest BCUT2D eigenvalue weighted by Gasteiger charge is -2.26. The normalized spacial score (nSPS) is 18.7. The van der Waals surface area contributed by atoms with Gasteiger partial charge in [-0.15, -0.1) is 0 Å². The lowest BCUT2D eigenvalue weighted by molar-refractivity contribution is -0.132. The second-order valence-corrected chi connectivity index (χ2v) is 6.25. The number of rotatable bonds is 5. The average molecular weight is 339 g/mol. The van der Waals surface area contributed by atoms with Gasteiger partial charge in [0.1, 0.15) is 0 Å².